The molecule has 0 unspecified atom stereocenters. The maximum atomic E-state index is 10.8. The quantitative estimate of drug-likeness (QED) is 0.485. The molecule has 0 spiro atoms. The Morgan fingerprint density at radius 2 is 2.24 bits per heavy atom. The Labute approximate surface area is 100 Å². The average Bonchev–Trinajstić information content (AvgIpc) is 2.28. The third-order valence-electron chi connectivity index (χ3n) is 2.20. The Bertz CT molecular complexity index is 437. The van der Waals surface area contributed by atoms with Gasteiger partial charge in [-0.3, -0.25) is 10.1 Å². The molecule has 0 aliphatic carbocycles. The van der Waals surface area contributed by atoms with Crippen molar-refractivity contribution < 1.29 is 9.66 Å². The maximum Gasteiger partial charge on any atom is 0.292 e. The van der Waals surface area contributed by atoms with E-state index in [1.165, 1.54) is 13.2 Å². The number of allylic oxidation sites excluding steroid dienone is 1. The molecular weight excluding hydrogens is 220 g/mol. The summed E-state index contributed by atoms with van der Waals surface area (Å²) in [5, 5.41) is 13.8. The molecule has 0 radical (unpaired) electrons. The van der Waals surface area contributed by atoms with Crippen LogP contribution in [0.3, 0.4) is 0 Å². The van der Waals surface area contributed by atoms with Gasteiger partial charge in [-0.2, -0.15) is 0 Å². The van der Waals surface area contributed by atoms with Crippen LogP contribution < -0.4 is 10.1 Å². The molecule has 1 rings (SSSR count). The predicted octanol–water partition coefficient (Wildman–Crippen LogP) is 2.98. The van der Waals surface area contributed by atoms with Crippen LogP contribution in [-0.2, 0) is 0 Å². The van der Waals surface area contributed by atoms with E-state index in [9.17, 15) is 10.1 Å². The van der Waals surface area contributed by atoms with Gasteiger partial charge < -0.3 is 10.1 Å². The number of nitro benzene ring substituents is 1. The van der Waals surface area contributed by atoms with Gasteiger partial charge in [-0.25, -0.2) is 0 Å². The predicted molar refractivity (Wildman–Crippen MR) is 67.6 cm³/mol. The zero-order chi connectivity index (χ0) is 12.8. The molecule has 0 atom stereocenters. The second kappa shape index (κ2) is 5.89. The lowest BCUT2D eigenvalue weighted by atomic mass is 10.2. The smallest absolute Gasteiger partial charge is 0.292 e. The van der Waals surface area contributed by atoms with Crippen molar-refractivity contribution in [3.8, 4) is 5.75 Å². The van der Waals surface area contributed by atoms with Gasteiger partial charge in [0.2, 0.25) is 0 Å². The Morgan fingerprint density at radius 3 is 2.76 bits per heavy atom. The second-order valence-corrected chi connectivity index (χ2v) is 3.80. The SMILES string of the molecule is COc1ccc([N+](=O)[O-])c(NCC=C(C)C)c1. The number of methoxy groups -OCH3 is 1. The number of ether oxygens (including phenoxy) is 1. The zero-order valence-electron chi connectivity index (χ0n) is 10.2. The van der Waals surface area contributed by atoms with E-state index in [1.807, 2.05) is 19.9 Å². The molecule has 0 aromatic heterocycles. The maximum absolute atomic E-state index is 10.8. The third-order valence-corrected chi connectivity index (χ3v) is 2.20. The average molecular weight is 236 g/mol. The minimum atomic E-state index is -0.412. The molecule has 17 heavy (non-hydrogen) atoms. The first-order chi connectivity index (χ1) is 8.04. The summed E-state index contributed by atoms with van der Waals surface area (Å²) in [6.07, 6.45) is 1.96. The zero-order valence-corrected chi connectivity index (χ0v) is 10.2. The number of benzene rings is 1. The summed E-state index contributed by atoms with van der Waals surface area (Å²) >= 11 is 0. The third kappa shape index (κ3) is 3.79. The molecular formula is C12H16N2O3. The number of anilines is 1. The van der Waals surface area contributed by atoms with Crippen molar-refractivity contribution in [2.75, 3.05) is 19.0 Å². The van der Waals surface area contributed by atoms with Gasteiger partial charge in [0.1, 0.15) is 11.4 Å². The molecule has 0 saturated carbocycles. The fraction of sp³-hybridized carbons (Fsp3) is 0.333. The summed E-state index contributed by atoms with van der Waals surface area (Å²) in [5.41, 5.74) is 1.67. The first-order valence-corrected chi connectivity index (χ1v) is 5.24. The van der Waals surface area contributed by atoms with Crippen molar-refractivity contribution in [3.63, 3.8) is 0 Å². The molecule has 0 aliphatic heterocycles. The van der Waals surface area contributed by atoms with Crippen LogP contribution in [0.5, 0.6) is 5.75 Å². The summed E-state index contributed by atoms with van der Waals surface area (Å²) in [5.74, 6) is 0.593. The Hall–Kier alpha value is -2.04. The van der Waals surface area contributed by atoms with Gasteiger partial charge in [0, 0.05) is 18.7 Å². The fourth-order valence-electron chi connectivity index (χ4n) is 1.31. The summed E-state index contributed by atoms with van der Waals surface area (Å²) in [7, 11) is 1.53. The number of rotatable bonds is 5. The van der Waals surface area contributed by atoms with Gasteiger partial charge in [-0.15, -0.1) is 0 Å². The minimum absolute atomic E-state index is 0.0490. The highest BCUT2D eigenvalue weighted by Gasteiger charge is 2.13. The summed E-state index contributed by atoms with van der Waals surface area (Å²) < 4.78 is 5.04. The van der Waals surface area contributed by atoms with E-state index in [0.717, 1.165) is 5.57 Å². The van der Waals surface area contributed by atoms with Crippen LogP contribution in [0.15, 0.2) is 29.8 Å². The molecule has 1 N–H and O–H groups in total. The van der Waals surface area contributed by atoms with Crippen molar-refractivity contribution in [1.82, 2.24) is 0 Å². The van der Waals surface area contributed by atoms with Crippen LogP contribution in [0.1, 0.15) is 13.8 Å². The van der Waals surface area contributed by atoms with Crippen LogP contribution in [0.4, 0.5) is 11.4 Å². The van der Waals surface area contributed by atoms with E-state index in [-0.39, 0.29) is 5.69 Å². The van der Waals surface area contributed by atoms with Crippen LogP contribution in [0, 0.1) is 10.1 Å². The number of hydrogen-bond donors (Lipinski definition) is 1. The number of nitrogens with zero attached hydrogens (tertiary/aromatic N) is 1. The van der Waals surface area contributed by atoms with Crippen LogP contribution >= 0.6 is 0 Å². The Kier molecular flexibility index (Phi) is 4.51. The lowest BCUT2D eigenvalue weighted by Gasteiger charge is -2.07. The van der Waals surface area contributed by atoms with Gasteiger partial charge in [0.25, 0.3) is 5.69 Å². The van der Waals surface area contributed by atoms with Gasteiger partial charge in [0.05, 0.1) is 12.0 Å². The molecule has 0 saturated heterocycles. The molecule has 0 aliphatic rings. The number of nitro groups is 1. The molecule has 0 heterocycles. The van der Waals surface area contributed by atoms with Crippen molar-refractivity contribution in [3.05, 3.63) is 40.0 Å². The van der Waals surface area contributed by atoms with Crippen molar-refractivity contribution >= 4 is 11.4 Å². The summed E-state index contributed by atoms with van der Waals surface area (Å²) in [4.78, 5) is 10.4. The van der Waals surface area contributed by atoms with Gasteiger partial charge >= 0.3 is 0 Å². The topological polar surface area (TPSA) is 64.4 Å². The standard InChI is InChI=1S/C12H16N2O3/c1-9(2)6-7-13-11-8-10(17-3)4-5-12(11)14(15)16/h4-6,8,13H,7H2,1-3H3. The highest BCUT2D eigenvalue weighted by Crippen LogP contribution is 2.28. The first-order valence-electron chi connectivity index (χ1n) is 5.24. The highest BCUT2D eigenvalue weighted by molar-refractivity contribution is 5.64. The number of hydrogen-bond acceptors (Lipinski definition) is 4. The van der Waals surface area contributed by atoms with E-state index in [1.54, 1.807) is 12.1 Å². The normalized spacial score (nSPS) is 9.59. The Balaban J connectivity index is 2.93. The second-order valence-electron chi connectivity index (χ2n) is 3.80. The van der Waals surface area contributed by atoms with Crippen LogP contribution in [0.2, 0.25) is 0 Å². The minimum Gasteiger partial charge on any atom is -0.497 e. The van der Waals surface area contributed by atoms with Crippen molar-refractivity contribution in [2.24, 2.45) is 0 Å². The van der Waals surface area contributed by atoms with E-state index in [2.05, 4.69) is 5.32 Å². The van der Waals surface area contributed by atoms with E-state index in [4.69, 9.17) is 4.74 Å². The molecule has 5 nitrogen and oxygen atoms in total. The van der Waals surface area contributed by atoms with Gasteiger partial charge in [0.15, 0.2) is 0 Å². The molecule has 1 aromatic rings. The van der Waals surface area contributed by atoms with E-state index >= 15 is 0 Å². The Morgan fingerprint density at radius 1 is 1.53 bits per heavy atom. The van der Waals surface area contributed by atoms with Crippen LogP contribution in [-0.4, -0.2) is 18.6 Å². The van der Waals surface area contributed by atoms with Crippen molar-refractivity contribution in [2.45, 2.75) is 13.8 Å². The van der Waals surface area contributed by atoms with E-state index < -0.39 is 4.92 Å². The molecule has 92 valence electrons. The molecule has 0 fully saturated rings. The van der Waals surface area contributed by atoms with Gasteiger partial charge in [-0.1, -0.05) is 11.6 Å². The van der Waals surface area contributed by atoms with Crippen molar-refractivity contribution in [1.29, 1.82) is 0 Å². The summed E-state index contributed by atoms with van der Waals surface area (Å²) in [6.45, 7) is 4.50. The largest absolute Gasteiger partial charge is 0.497 e. The highest BCUT2D eigenvalue weighted by atomic mass is 16.6. The molecule has 0 amide bonds. The fourth-order valence-corrected chi connectivity index (χ4v) is 1.31. The first kappa shape index (κ1) is 13.0. The lowest BCUT2D eigenvalue weighted by molar-refractivity contribution is -0.384. The lowest BCUT2D eigenvalue weighted by Crippen LogP contribution is -2.02. The van der Waals surface area contributed by atoms with Gasteiger partial charge in [-0.05, 0) is 19.9 Å². The molecule has 1 aromatic carbocycles. The van der Waals surface area contributed by atoms with E-state index in [0.29, 0.717) is 18.0 Å². The monoisotopic (exact) mass is 236 g/mol. The molecule has 5 heteroatoms. The summed E-state index contributed by atoms with van der Waals surface area (Å²) in [6, 6.07) is 4.63. The number of nitrogens with one attached hydrogen (secondary N) is 1. The molecule has 0 bridgehead atoms. The van der Waals surface area contributed by atoms with Crippen LogP contribution in [0.25, 0.3) is 0 Å².